The van der Waals surface area contributed by atoms with E-state index in [1.165, 1.54) is 0 Å². The van der Waals surface area contributed by atoms with Crippen LogP contribution in [0.1, 0.15) is 0 Å². The summed E-state index contributed by atoms with van der Waals surface area (Å²) in [7, 11) is -0.505. The monoisotopic (exact) mass is 210 g/mol. The molecule has 0 aromatic carbocycles. The summed E-state index contributed by atoms with van der Waals surface area (Å²) < 4.78 is 0. The number of halogens is 4. The first-order chi connectivity index (χ1) is 3.68. The molecule has 0 N–H and O–H groups in total. The van der Waals surface area contributed by atoms with E-state index in [0.717, 1.165) is 6.04 Å². The number of alkyl halides is 3. The Morgan fingerprint density at radius 3 is 1.88 bits per heavy atom. The van der Waals surface area contributed by atoms with Gasteiger partial charge in [-0.15, -0.1) is 34.8 Å². The minimum absolute atomic E-state index is 0.150. The van der Waals surface area contributed by atoms with Crippen molar-refractivity contribution in [3.8, 4) is 0 Å². The average molecular weight is 212 g/mol. The quantitative estimate of drug-likeness (QED) is 0.382. The Morgan fingerprint density at radius 1 is 1.25 bits per heavy atom. The smallest absolute Gasteiger partial charge is 0.126 e. The zero-order valence-electron chi connectivity index (χ0n) is 4.08. The van der Waals surface area contributed by atoms with Crippen molar-refractivity contribution in [2.75, 3.05) is 0 Å². The molecule has 0 aliphatic carbocycles. The molecule has 0 spiro atoms. The van der Waals surface area contributed by atoms with Crippen LogP contribution in [0.2, 0.25) is 6.04 Å². The van der Waals surface area contributed by atoms with E-state index in [1.54, 1.807) is 0 Å². The highest BCUT2D eigenvalue weighted by atomic mass is 35.6. The van der Waals surface area contributed by atoms with Gasteiger partial charge in [0.15, 0.2) is 0 Å². The second-order valence-corrected chi connectivity index (χ2v) is 5.14. The lowest BCUT2D eigenvalue weighted by molar-refractivity contribution is 1.04. The fraction of sp³-hybridized carbons (Fsp3) is 1.00. The lowest BCUT2D eigenvalue weighted by Gasteiger charge is -2.05. The van der Waals surface area contributed by atoms with Crippen LogP contribution in [0.5, 0.6) is 0 Å². The highest BCUT2D eigenvalue weighted by Gasteiger charge is 2.11. The van der Waals surface area contributed by atoms with Crippen LogP contribution >= 0.6 is 45.9 Å². The average Bonchev–Trinajstić information content (AvgIpc) is 1.67. The van der Waals surface area contributed by atoms with Crippen LogP contribution in [0.4, 0.5) is 0 Å². The first-order valence-corrected chi connectivity index (χ1v) is 6.61. The number of hydrogen-bond donors (Lipinski definition) is 0. The molecule has 50 valence electrons. The number of hydrogen-bond acceptors (Lipinski definition) is 0. The topological polar surface area (TPSA) is 0 Å². The maximum atomic E-state index is 5.60. The third kappa shape index (κ3) is 4.27. The third-order valence-electron chi connectivity index (χ3n) is 0.658. The summed E-state index contributed by atoms with van der Waals surface area (Å²) in [5.74, 6) is 0. The predicted molar refractivity (Wildman–Crippen MR) is 44.3 cm³/mol. The summed E-state index contributed by atoms with van der Waals surface area (Å²) in [5.41, 5.74) is 0. The van der Waals surface area contributed by atoms with E-state index in [9.17, 15) is 0 Å². The van der Waals surface area contributed by atoms with Crippen LogP contribution in [-0.2, 0) is 0 Å². The molecule has 0 heterocycles. The normalized spacial score (nSPS) is 16.1. The van der Waals surface area contributed by atoms with Gasteiger partial charge in [-0.3, -0.25) is 0 Å². The lowest BCUT2D eigenvalue weighted by atomic mass is 10.5. The molecule has 0 aliphatic heterocycles. The lowest BCUT2D eigenvalue weighted by Crippen LogP contribution is -2.08. The van der Waals surface area contributed by atoms with Gasteiger partial charge >= 0.3 is 0 Å². The SMILES string of the molecule is Cl[SiH2]CC(Cl)C(Cl)Cl. The van der Waals surface area contributed by atoms with Gasteiger partial charge in [0.2, 0.25) is 0 Å². The third-order valence-corrected chi connectivity index (χ3v) is 3.86. The van der Waals surface area contributed by atoms with E-state index in [-0.39, 0.29) is 5.38 Å². The molecule has 0 bridgehead atoms. The summed E-state index contributed by atoms with van der Waals surface area (Å²) in [4.78, 5) is -0.470. The Morgan fingerprint density at radius 2 is 1.75 bits per heavy atom. The van der Waals surface area contributed by atoms with Gasteiger partial charge in [0.1, 0.15) is 13.7 Å². The van der Waals surface area contributed by atoms with Gasteiger partial charge < -0.3 is 0 Å². The van der Waals surface area contributed by atoms with E-state index in [1.807, 2.05) is 0 Å². The standard InChI is InChI=1S/C3H6Cl4Si/c4-2(1-8-7)3(5)6/h2-3H,1,8H2. The number of rotatable bonds is 3. The zero-order chi connectivity index (χ0) is 6.57. The van der Waals surface area contributed by atoms with Crippen molar-refractivity contribution >= 4 is 54.7 Å². The maximum Gasteiger partial charge on any atom is 0.126 e. The zero-order valence-corrected chi connectivity index (χ0v) is 8.52. The Labute approximate surface area is 71.0 Å². The van der Waals surface area contributed by atoms with Crippen molar-refractivity contribution in [2.45, 2.75) is 16.3 Å². The van der Waals surface area contributed by atoms with E-state index in [2.05, 4.69) is 0 Å². The predicted octanol–water partition coefficient (Wildman–Crippen LogP) is 2.14. The van der Waals surface area contributed by atoms with Crippen LogP contribution < -0.4 is 0 Å². The molecule has 1 atom stereocenters. The maximum absolute atomic E-state index is 5.60. The Balaban J connectivity index is 3.17. The van der Waals surface area contributed by atoms with E-state index in [0.29, 0.717) is 0 Å². The first-order valence-electron chi connectivity index (χ1n) is 2.16. The van der Waals surface area contributed by atoms with Gasteiger partial charge in [-0.05, 0) is 6.04 Å². The summed E-state index contributed by atoms with van der Waals surface area (Å²) in [6.45, 7) is 0. The van der Waals surface area contributed by atoms with Crippen LogP contribution in [0.25, 0.3) is 0 Å². The van der Waals surface area contributed by atoms with Crippen molar-refractivity contribution in [2.24, 2.45) is 0 Å². The summed E-state index contributed by atoms with van der Waals surface area (Å²) >= 11 is 21.9. The summed E-state index contributed by atoms with van der Waals surface area (Å²) in [5, 5.41) is -0.150. The van der Waals surface area contributed by atoms with Crippen molar-refractivity contribution in [1.29, 1.82) is 0 Å². The van der Waals surface area contributed by atoms with Crippen LogP contribution in [-0.4, -0.2) is 19.0 Å². The Kier molecular flexibility index (Phi) is 6.08. The molecule has 0 saturated carbocycles. The van der Waals surface area contributed by atoms with Crippen LogP contribution in [0.15, 0.2) is 0 Å². The molecule has 0 fully saturated rings. The van der Waals surface area contributed by atoms with E-state index in [4.69, 9.17) is 45.9 Å². The summed E-state index contributed by atoms with van der Waals surface area (Å²) in [6, 6.07) is 0.792. The molecule has 0 rings (SSSR count). The minimum atomic E-state index is -0.505. The van der Waals surface area contributed by atoms with Crippen molar-refractivity contribution in [3.05, 3.63) is 0 Å². The van der Waals surface area contributed by atoms with Gasteiger partial charge in [0.05, 0.1) is 5.38 Å². The second kappa shape index (κ2) is 5.18. The molecular formula is C3H6Cl4Si. The van der Waals surface area contributed by atoms with Crippen LogP contribution in [0.3, 0.4) is 0 Å². The van der Waals surface area contributed by atoms with E-state index >= 15 is 0 Å². The molecule has 5 heteroatoms. The fourth-order valence-electron chi connectivity index (χ4n) is 0.230. The molecule has 0 amide bonds. The van der Waals surface area contributed by atoms with Gasteiger partial charge in [0.25, 0.3) is 0 Å². The van der Waals surface area contributed by atoms with E-state index < -0.39 is 13.7 Å². The minimum Gasteiger partial charge on any atom is -0.176 e. The highest BCUT2D eigenvalue weighted by Crippen LogP contribution is 2.17. The van der Waals surface area contributed by atoms with Gasteiger partial charge in [-0.1, -0.05) is 0 Å². The molecule has 0 nitrogen and oxygen atoms in total. The highest BCUT2D eigenvalue weighted by molar-refractivity contribution is 6.94. The summed E-state index contributed by atoms with van der Waals surface area (Å²) in [6.07, 6.45) is 0. The molecule has 0 aromatic rings. The van der Waals surface area contributed by atoms with Gasteiger partial charge in [-0.2, -0.15) is 11.1 Å². The fourth-order valence-corrected chi connectivity index (χ4v) is 2.81. The Hall–Kier alpha value is 1.38. The largest absolute Gasteiger partial charge is 0.176 e. The molecule has 0 aromatic heterocycles. The second-order valence-electron chi connectivity index (χ2n) is 1.33. The van der Waals surface area contributed by atoms with Crippen molar-refractivity contribution in [3.63, 3.8) is 0 Å². The van der Waals surface area contributed by atoms with Gasteiger partial charge in [-0.25, -0.2) is 0 Å². The molecular weight excluding hydrogens is 206 g/mol. The van der Waals surface area contributed by atoms with Crippen LogP contribution in [0, 0.1) is 0 Å². The van der Waals surface area contributed by atoms with Crippen molar-refractivity contribution < 1.29 is 0 Å². The molecule has 0 aliphatic rings. The molecule has 0 saturated heterocycles. The van der Waals surface area contributed by atoms with Gasteiger partial charge in [0, 0.05) is 0 Å². The van der Waals surface area contributed by atoms with Crippen molar-refractivity contribution in [1.82, 2.24) is 0 Å². The Bertz CT molecular complexity index is 57.2. The molecule has 1 unspecified atom stereocenters. The molecule has 0 radical (unpaired) electrons. The molecule has 8 heavy (non-hydrogen) atoms. The first kappa shape index (κ1) is 9.38.